The first kappa shape index (κ1) is 50.5. The lowest BCUT2D eigenvalue weighted by molar-refractivity contribution is -0.130. The van der Waals surface area contributed by atoms with Crippen LogP contribution in [-0.2, 0) is 30.0 Å². The molecule has 392 valence electrons. The van der Waals surface area contributed by atoms with E-state index in [9.17, 15) is 19.2 Å². The topological polar surface area (TPSA) is 105 Å². The molecule has 0 amide bonds. The lowest BCUT2D eigenvalue weighted by atomic mass is 9.67. The molecule has 1 atom stereocenters. The van der Waals surface area contributed by atoms with Crippen molar-refractivity contribution in [3.05, 3.63) is 325 Å². The van der Waals surface area contributed by atoms with Gasteiger partial charge in [0.15, 0.2) is 0 Å². The van der Waals surface area contributed by atoms with Crippen molar-refractivity contribution in [2.45, 2.75) is 10.8 Å². The summed E-state index contributed by atoms with van der Waals surface area (Å²) in [5.41, 5.74) is 10.9. The summed E-state index contributed by atoms with van der Waals surface area (Å²) in [6, 6.07) is 77.0. The fourth-order valence-corrected chi connectivity index (χ4v) is 12.2. The SMILES string of the molecule is C=CC(=O)Oc1ccc(C2(c3ccc(OC(=O)/C=C/C=C/C(=O)Oc4ccc(C5(c6ccc(OC(=O)C=C)cc6)c6cc7ccccc7cc6-c6cc7ccccc7cc65)cc4)cc3)c3ccccc3-c3cc4ccccc4cc32)cc1. The minimum atomic E-state index is -0.839. The minimum Gasteiger partial charge on any atom is -0.423 e. The molecule has 0 aliphatic heterocycles. The molecule has 2 aliphatic rings. The molecule has 0 bridgehead atoms. The van der Waals surface area contributed by atoms with E-state index in [-0.39, 0.29) is 0 Å². The fraction of sp³-hybridized carbons (Fsp3) is 0.0270. The number of esters is 4. The molecule has 2 aliphatic carbocycles. The van der Waals surface area contributed by atoms with Crippen molar-refractivity contribution >= 4 is 56.2 Å². The highest BCUT2D eigenvalue weighted by atomic mass is 16.5. The van der Waals surface area contributed by atoms with Crippen molar-refractivity contribution in [1.82, 2.24) is 0 Å². The molecule has 11 aromatic carbocycles. The Morgan fingerprint density at radius 3 is 0.890 bits per heavy atom. The molecule has 0 N–H and O–H groups in total. The maximum atomic E-state index is 13.3. The van der Waals surface area contributed by atoms with Crippen LogP contribution in [0.2, 0.25) is 0 Å². The van der Waals surface area contributed by atoms with Gasteiger partial charge in [-0.05, 0) is 184 Å². The zero-order chi connectivity index (χ0) is 56.0. The second kappa shape index (κ2) is 20.7. The van der Waals surface area contributed by atoms with Crippen LogP contribution in [0.1, 0.15) is 44.5 Å². The van der Waals surface area contributed by atoms with Gasteiger partial charge in [-0.1, -0.05) is 171 Å². The van der Waals surface area contributed by atoms with Crippen molar-refractivity contribution in [3.63, 3.8) is 0 Å². The Balaban J connectivity index is 0.755. The highest BCUT2D eigenvalue weighted by Gasteiger charge is 2.48. The predicted octanol–water partition coefficient (Wildman–Crippen LogP) is 15.7. The minimum absolute atomic E-state index is 0.327. The summed E-state index contributed by atoms with van der Waals surface area (Å²) in [4.78, 5) is 50.9. The van der Waals surface area contributed by atoms with E-state index < -0.39 is 34.7 Å². The van der Waals surface area contributed by atoms with Gasteiger partial charge in [0.1, 0.15) is 23.0 Å². The van der Waals surface area contributed by atoms with Gasteiger partial charge < -0.3 is 18.9 Å². The van der Waals surface area contributed by atoms with Crippen LogP contribution in [0.15, 0.2) is 280 Å². The molecule has 0 aromatic heterocycles. The second-order valence-corrected chi connectivity index (χ2v) is 20.2. The van der Waals surface area contributed by atoms with Crippen LogP contribution in [0.5, 0.6) is 23.0 Å². The zero-order valence-corrected chi connectivity index (χ0v) is 44.1. The van der Waals surface area contributed by atoms with Gasteiger partial charge in [0.2, 0.25) is 0 Å². The average molecular weight is 1070 g/mol. The van der Waals surface area contributed by atoms with Crippen molar-refractivity contribution in [2.24, 2.45) is 0 Å². The van der Waals surface area contributed by atoms with Crippen LogP contribution >= 0.6 is 0 Å². The maximum absolute atomic E-state index is 13.3. The standard InChI is InChI=1S/C74H48O8/c1-3-69(75)79-57-33-25-53(26-34-57)73(65-22-12-11-21-61(65)62-41-47-15-5-8-18-50(47)44-66(62)73)54-27-37-59(38-28-54)81-71(77)23-13-14-24-72(78)82-60-39-31-56(32-40-60)74(55-29-35-58(36-30-55)80-70(76)4-2)67-45-51-19-9-6-16-48(51)42-63(67)64-43-49-17-7-10-20-52(49)46-68(64)74/h3-46H,1-2H2/b23-13+,24-14+. The van der Waals surface area contributed by atoms with Gasteiger partial charge in [-0.2, -0.15) is 0 Å². The second-order valence-electron chi connectivity index (χ2n) is 20.2. The van der Waals surface area contributed by atoms with E-state index in [1.54, 1.807) is 48.5 Å². The maximum Gasteiger partial charge on any atom is 0.336 e. The van der Waals surface area contributed by atoms with Gasteiger partial charge in [-0.25, -0.2) is 19.2 Å². The predicted molar refractivity (Wildman–Crippen MR) is 321 cm³/mol. The molecule has 13 rings (SSSR count). The van der Waals surface area contributed by atoms with E-state index in [4.69, 9.17) is 18.9 Å². The number of fused-ring (bicyclic) bond motifs is 9. The number of allylic oxidation sites excluding steroid dienone is 2. The molecular weight excluding hydrogens is 1020 g/mol. The smallest absolute Gasteiger partial charge is 0.336 e. The number of benzene rings is 11. The lowest BCUT2D eigenvalue weighted by Gasteiger charge is -2.34. The molecular formula is C74H48O8. The molecule has 0 fully saturated rings. The molecule has 8 heteroatoms. The summed E-state index contributed by atoms with van der Waals surface area (Å²) in [7, 11) is 0. The Morgan fingerprint density at radius 1 is 0.293 bits per heavy atom. The summed E-state index contributed by atoms with van der Waals surface area (Å²) in [5.74, 6) is -0.924. The van der Waals surface area contributed by atoms with Crippen molar-refractivity contribution in [3.8, 4) is 45.3 Å². The number of rotatable bonds is 13. The van der Waals surface area contributed by atoms with E-state index in [0.29, 0.717) is 23.0 Å². The van der Waals surface area contributed by atoms with Crippen LogP contribution in [-0.4, -0.2) is 23.9 Å². The van der Waals surface area contributed by atoms with Crippen LogP contribution in [0.3, 0.4) is 0 Å². The zero-order valence-electron chi connectivity index (χ0n) is 44.1. The Morgan fingerprint density at radius 2 is 0.561 bits per heavy atom. The van der Waals surface area contributed by atoms with Gasteiger partial charge in [-0.15, -0.1) is 0 Å². The number of hydrogen-bond donors (Lipinski definition) is 0. The number of carbonyl (C=O) groups excluding carboxylic acids is 4. The Hall–Kier alpha value is -11.0. The van der Waals surface area contributed by atoms with Crippen LogP contribution < -0.4 is 18.9 Å². The quantitative estimate of drug-likeness (QED) is 0.0487. The molecule has 0 radical (unpaired) electrons. The molecule has 0 saturated carbocycles. The van der Waals surface area contributed by atoms with E-state index in [1.807, 2.05) is 97.1 Å². The first-order valence-electron chi connectivity index (χ1n) is 26.7. The Kier molecular flexibility index (Phi) is 12.7. The molecule has 1 unspecified atom stereocenters. The van der Waals surface area contributed by atoms with Gasteiger partial charge in [-0.3, -0.25) is 0 Å². The molecule has 0 saturated heterocycles. The molecule has 82 heavy (non-hydrogen) atoms. The van der Waals surface area contributed by atoms with E-state index in [1.165, 1.54) is 24.3 Å². The van der Waals surface area contributed by atoms with Crippen molar-refractivity contribution < 1.29 is 38.1 Å². The average Bonchev–Trinajstić information content (AvgIpc) is 2.36. The number of ether oxygens (including phenoxy) is 4. The van der Waals surface area contributed by atoms with Crippen molar-refractivity contribution in [2.75, 3.05) is 0 Å². The lowest BCUT2D eigenvalue weighted by Crippen LogP contribution is -2.28. The highest BCUT2D eigenvalue weighted by molar-refractivity contribution is 6.01. The molecule has 0 heterocycles. The van der Waals surface area contributed by atoms with Crippen molar-refractivity contribution in [1.29, 1.82) is 0 Å². The number of carbonyl (C=O) groups is 4. The molecule has 11 aromatic rings. The monoisotopic (exact) mass is 1060 g/mol. The van der Waals surface area contributed by atoms with Crippen LogP contribution in [0.4, 0.5) is 0 Å². The van der Waals surface area contributed by atoms with E-state index in [0.717, 1.165) is 111 Å². The highest BCUT2D eigenvalue weighted by Crippen LogP contribution is 2.59. The van der Waals surface area contributed by atoms with Gasteiger partial charge in [0.25, 0.3) is 0 Å². The fourth-order valence-electron chi connectivity index (χ4n) is 12.2. The summed E-state index contributed by atoms with van der Waals surface area (Å²) in [5, 5.41) is 6.63. The van der Waals surface area contributed by atoms with E-state index in [2.05, 4.69) is 98.1 Å². The molecule has 8 nitrogen and oxygen atoms in total. The molecule has 0 spiro atoms. The largest absolute Gasteiger partial charge is 0.423 e. The first-order chi connectivity index (χ1) is 40.1. The summed E-state index contributed by atoms with van der Waals surface area (Å²) < 4.78 is 22.6. The van der Waals surface area contributed by atoms with Gasteiger partial charge in [0, 0.05) is 24.3 Å². The Labute approximate surface area is 472 Å². The third-order valence-electron chi connectivity index (χ3n) is 15.7. The Bertz CT molecular complexity index is 4410. The normalized spacial score (nSPS) is 14.4. The van der Waals surface area contributed by atoms with E-state index >= 15 is 0 Å². The summed E-state index contributed by atoms with van der Waals surface area (Å²) in [6.45, 7) is 7.08. The third-order valence-corrected chi connectivity index (χ3v) is 15.7. The summed E-state index contributed by atoms with van der Waals surface area (Å²) >= 11 is 0. The van der Waals surface area contributed by atoms with Crippen LogP contribution in [0.25, 0.3) is 54.6 Å². The summed E-state index contributed by atoms with van der Waals surface area (Å²) in [6.07, 6.45) is 7.61. The first-order valence-corrected chi connectivity index (χ1v) is 26.7. The third kappa shape index (κ3) is 8.67. The van der Waals surface area contributed by atoms with Gasteiger partial charge in [0.05, 0.1) is 10.8 Å². The van der Waals surface area contributed by atoms with Gasteiger partial charge >= 0.3 is 23.9 Å². The van der Waals surface area contributed by atoms with Crippen LogP contribution in [0, 0.1) is 0 Å². The number of hydrogen-bond acceptors (Lipinski definition) is 8.